The Kier molecular flexibility index (Phi) is 6.93. The fraction of sp³-hybridized carbons (Fsp3) is 0. The minimum absolute atomic E-state index is 0.848. The lowest BCUT2D eigenvalue weighted by Gasteiger charge is -2.29. The number of para-hydroxylation sites is 1. The third kappa shape index (κ3) is 4.92. The van der Waals surface area contributed by atoms with Gasteiger partial charge in [0.25, 0.3) is 0 Å². The van der Waals surface area contributed by atoms with Gasteiger partial charge in [0.1, 0.15) is 22.3 Å². The number of benzene rings is 10. The van der Waals surface area contributed by atoms with Crippen LogP contribution in [0.2, 0.25) is 0 Å². The number of hydrogen-bond donors (Lipinski definition) is 0. The Bertz CT molecular complexity index is 3550. The van der Waals surface area contributed by atoms with E-state index in [1.807, 2.05) is 0 Å². The molecule has 57 heavy (non-hydrogen) atoms. The molecule has 2 aromatic heterocycles. The smallest absolute Gasteiger partial charge is 0.143 e. The van der Waals surface area contributed by atoms with Gasteiger partial charge in [0.05, 0.1) is 16.8 Å². The van der Waals surface area contributed by atoms with E-state index in [1.54, 1.807) is 0 Å². The highest BCUT2D eigenvalue weighted by molar-refractivity contribution is 6.21. The molecule has 0 radical (unpaired) electrons. The fourth-order valence-electron chi connectivity index (χ4n) is 9.05. The van der Waals surface area contributed by atoms with Gasteiger partial charge in [0.15, 0.2) is 0 Å². The van der Waals surface area contributed by atoms with E-state index in [2.05, 4.69) is 205 Å². The van der Waals surface area contributed by atoms with Gasteiger partial charge in [-0.2, -0.15) is 0 Å². The van der Waals surface area contributed by atoms with Crippen LogP contribution in [0.3, 0.4) is 0 Å². The Morgan fingerprint density at radius 3 is 1.81 bits per heavy atom. The Labute approximate surface area is 328 Å². The number of anilines is 3. The zero-order chi connectivity index (χ0) is 37.5. The summed E-state index contributed by atoms with van der Waals surface area (Å²) in [7, 11) is 0. The summed E-state index contributed by atoms with van der Waals surface area (Å²) in [6.07, 6.45) is 0. The second-order valence-electron chi connectivity index (χ2n) is 14.8. The average molecular weight is 728 g/mol. The molecule has 0 aliphatic heterocycles. The molecule has 0 N–H and O–H groups in total. The topological polar surface area (TPSA) is 29.5 Å². The molecule has 0 aliphatic rings. The first-order chi connectivity index (χ1) is 28.3. The minimum Gasteiger partial charge on any atom is -0.456 e. The van der Waals surface area contributed by atoms with Gasteiger partial charge < -0.3 is 13.7 Å². The highest BCUT2D eigenvalue weighted by atomic mass is 16.3. The van der Waals surface area contributed by atoms with Crippen LogP contribution in [-0.4, -0.2) is 0 Å². The van der Waals surface area contributed by atoms with Crippen molar-refractivity contribution in [2.45, 2.75) is 0 Å². The predicted octanol–water partition coefficient (Wildman–Crippen LogP) is 15.7. The molecule has 0 saturated carbocycles. The molecule has 0 bridgehead atoms. The summed E-state index contributed by atoms with van der Waals surface area (Å²) in [5.41, 5.74) is 11.2. The van der Waals surface area contributed by atoms with Crippen LogP contribution in [0, 0.1) is 0 Å². The highest BCUT2D eigenvalue weighted by Crippen LogP contribution is 2.49. The summed E-state index contributed by atoms with van der Waals surface area (Å²) in [5, 5.41) is 11.4. The highest BCUT2D eigenvalue weighted by Gasteiger charge is 2.24. The van der Waals surface area contributed by atoms with Crippen molar-refractivity contribution in [3.8, 4) is 22.3 Å². The van der Waals surface area contributed by atoms with Gasteiger partial charge in [-0.05, 0) is 98.2 Å². The van der Waals surface area contributed by atoms with Gasteiger partial charge in [0, 0.05) is 32.8 Å². The van der Waals surface area contributed by atoms with E-state index in [9.17, 15) is 0 Å². The maximum absolute atomic E-state index is 6.78. The van der Waals surface area contributed by atoms with E-state index in [1.165, 1.54) is 21.7 Å². The third-order valence-corrected chi connectivity index (χ3v) is 11.6. The van der Waals surface area contributed by atoms with Crippen LogP contribution in [0.1, 0.15) is 0 Å². The molecule has 266 valence electrons. The van der Waals surface area contributed by atoms with E-state index in [0.717, 1.165) is 93.8 Å². The normalized spacial score (nSPS) is 11.9. The van der Waals surface area contributed by atoms with Crippen molar-refractivity contribution in [3.63, 3.8) is 0 Å². The van der Waals surface area contributed by atoms with Crippen LogP contribution in [0.15, 0.2) is 209 Å². The maximum atomic E-state index is 6.78. The lowest BCUT2D eigenvalue weighted by molar-refractivity contribution is 0.669. The van der Waals surface area contributed by atoms with Gasteiger partial charge in [-0.15, -0.1) is 0 Å². The summed E-state index contributed by atoms with van der Waals surface area (Å²) in [6, 6.07) is 71.6. The summed E-state index contributed by atoms with van der Waals surface area (Å²) in [5.74, 6) is 0. The molecule has 0 unspecified atom stereocenters. The van der Waals surface area contributed by atoms with Crippen LogP contribution in [-0.2, 0) is 0 Å². The van der Waals surface area contributed by atoms with E-state index >= 15 is 0 Å². The largest absolute Gasteiger partial charge is 0.456 e. The molecule has 0 saturated heterocycles. The zero-order valence-corrected chi connectivity index (χ0v) is 30.8. The Hall–Kier alpha value is -7.62. The standard InChI is InChI=1S/C54H33NO2/c1-2-16-37-33-51-46(32-36(37)15-1)52-44(24-11-27-49(52)56-51)43-22-7-8-25-47(43)55(39-19-9-18-38(31-39)41-23-10-17-34-13-3-5-20-40(34)41)48-26-12-28-50-53(48)45-30-29-35-14-4-6-21-42(35)54(45)57-50/h1-33H. The van der Waals surface area contributed by atoms with Crippen molar-refractivity contribution in [2.75, 3.05) is 4.90 Å². The monoisotopic (exact) mass is 727 g/mol. The molecule has 12 rings (SSSR count). The number of furan rings is 2. The van der Waals surface area contributed by atoms with Crippen LogP contribution < -0.4 is 4.90 Å². The lowest BCUT2D eigenvalue weighted by Crippen LogP contribution is -2.11. The van der Waals surface area contributed by atoms with Crippen molar-refractivity contribution in [1.82, 2.24) is 0 Å². The van der Waals surface area contributed by atoms with Crippen LogP contribution in [0.25, 0.3) is 98.4 Å². The molecule has 0 atom stereocenters. The van der Waals surface area contributed by atoms with Gasteiger partial charge in [-0.1, -0.05) is 146 Å². The van der Waals surface area contributed by atoms with Crippen LogP contribution in [0.4, 0.5) is 17.1 Å². The summed E-state index contributed by atoms with van der Waals surface area (Å²) in [4.78, 5) is 2.42. The summed E-state index contributed by atoms with van der Waals surface area (Å²) >= 11 is 0. The molecular formula is C54H33NO2. The lowest BCUT2D eigenvalue weighted by atomic mass is 9.95. The van der Waals surface area contributed by atoms with Crippen molar-refractivity contribution in [3.05, 3.63) is 200 Å². The molecule has 12 aromatic rings. The third-order valence-electron chi connectivity index (χ3n) is 11.6. The Morgan fingerprint density at radius 1 is 0.316 bits per heavy atom. The number of rotatable bonds is 5. The maximum Gasteiger partial charge on any atom is 0.143 e. The fourth-order valence-corrected chi connectivity index (χ4v) is 9.05. The first-order valence-electron chi connectivity index (χ1n) is 19.4. The summed E-state index contributed by atoms with van der Waals surface area (Å²) < 4.78 is 13.4. The SMILES string of the molecule is c1cc(-c2cccc3ccccc23)cc(N(c2ccccc2-c2cccc3oc4cc5ccccc5cc4c23)c2cccc3oc4c5ccccc5ccc4c23)c1. The van der Waals surface area contributed by atoms with Crippen molar-refractivity contribution in [1.29, 1.82) is 0 Å². The van der Waals surface area contributed by atoms with Gasteiger partial charge >= 0.3 is 0 Å². The Balaban J connectivity index is 1.15. The molecular weight excluding hydrogens is 695 g/mol. The molecule has 0 aliphatic carbocycles. The van der Waals surface area contributed by atoms with Gasteiger partial charge in [-0.25, -0.2) is 0 Å². The molecule has 0 spiro atoms. The van der Waals surface area contributed by atoms with E-state index in [4.69, 9.17) is 8.83 Å². The predicted molar refractivity (Wildman–Crippen MR) is 239 cm³/mol. The molecule has 3 heteroatoms. The first kappa shape index (κ1) is 31.7. The van der Waals surface area contributed by atoms with E-state index in [-0.39, 0.29) is 0 Å². The van der Waals surface area contributed by atoms with Crippen LogP contribution in [0.5, 0.6) is 0 Å². The molecule has 3 nitrogen and oxygen atoms in total. The van der Waals surface area contributed by atoms with Gasteiger partial charge in [-0.3, -0.25) is 0 Å². The quantitative estimate of drug-likeness (QED) is 0.177. The second-order valence-corrected chi connectivity index (χ2v) is 14.8. The van der Waals surface area contributed by atoms with Crippen LogP contribution >= 0.6 is 0 Å². The van der Waals surface area contributed by atoms with Crippen molar-refractivity contribution in [2.24, 2.45) is 0 Å². The zero-order valence-electron chi connectivity index (χ0n) is 30.8. The molecule has 0 amide bonds. The number of hydrogen-bond acceptors (Lipinski definition) is 3. The van der Waals surface area contributed by atoms with Gasteiger partial charge in [0.2, 0.25) is 0 Å². The van der Waals surface area contributed by atoms with Crippen molar-refractivity contribution < 1.29 is 8.83 Å². The number of fused-ring (bicyclic) bond motifs is 10. The first-order valence-corrected chi connectivity index (χ1v) is 19.4. The molecule has 0 fully saturated rings. The number of nitrogens with zero attached hydrogens (tertiary/aromatic N) is 1. The molecule has 2 heterocycles. The second kappa shape index (κ2) is 12.5. The van der Waals surface area contributed by atoms with Crippen molar-refractivity contribution >= 4 is 93.3 Å². The summed E-state index contributed by atoms with van der Waals surface area (Å²) in [6.45, 7) is 0. The Morgan fingerprint density at radius 2 is 0.930 bits per heavy atom. The van der Waals surface area contributed by atoms with E-state index < -0.39 is 0 Å². The minimum atomic E-state index is 0.848. The molecule has 10 aromatic carbocycles. The van der Waals surface area contributed by atoms with E-state index in [0.29, 0.717) is 0 Å². The average Bonchev–Trinajstić information content (AvgIpc) is 3.84.